The molecule has 21 heavy (non-hydrogen) atoms. The summed E-state index contributed by atoms with van der Waals surface area (Å²) >= 11 is 0. The molecular weight excluding hydrogens is 266 g/mol. The zero-order valence-corrected chi connectivity index (χ0v) is 12.4. The zero-order valence-electron chi connectivity index (χ0n) is 12.4. The van der Waals surface area contributed by atoms with Gasteiger partial charge in [0.1, 0.15) is 5.75 Å². The lowest BCUT2D eigenvalue weighted by atomic mass is 10.1. The van der Waals surface area contributed by atoms with Crippen LogP contribution in [0, 0.1) is 0 Å². The number of phenols is 1. The minimum absolute atomic E-state index is 0.118. The van der Waals surface area contributed by atoms with Crippen molar-refractivity contribution >= 4 is 23.0 Å². The minimum Gasteiger partial charge on any atom is -0.508 e. The molecule has 0 aliphatic carbocycles. The maximum Gasteiger partial charge on any atom is 0.260 e. The molecule has 2 aromatic carbocycles. The Balaban J connectivity index is 2.42. The number of hydrogen-bond acceptors (Lipinski definition) is 4. The lowest BCUT2D eigenvalue weighted by Gasteiger charge is -2.22. The monoisotopic (exact) mass is 285 g/mol. The molecule has 5 nitrogen and oxygen atoms in total. The summed E-state index contributed by atoms with van der Waals surface area (Å²) in [6, 6.07) is 11.8. The van der Waals surface area contributed by atoms with Gasteiger partial charge in [0.15, 0.2) is 0 Å². The first-order valence-corrected chi connectivity index (χ1v) is 6.54. The van der Waals surface area contributed by atoms with Gasteiger partial charge in [-0.05, 0) is 30.3 Å². The molecule has 1 amide bonds. The predicted molar refractivity (Wildman–Crippen MR) is 86.0 cm³/mol. The van der Waals surface area contributed by atoms with Gasteiger partial charge in [0, 0.05) is 44.3 Å². The second kappa shape index (κ2) is 5.75. The topological polar surface area (TPSA) is 69.8 Å². The summed E-state index contributed by atoms with van der Waals surface area (Å²) in [4.78, 5) is 16.0. The van der Waals surface area contributed by atoms with Gasteiger partial charge in [0.05, 0.1) is 5.56 Å². The third-order valence-electron chi connectivity index (χ3n) is 3.25. The molecule has 0 saturated heterocycles. The summed E-state index contributed by atoms with van der Waals surface area (Å²) in [5, 5.41) is 9.54. The van der Waals surface area contributed by atoms with Gasteiger partial charge in [-0.1, -0.05) is 6.07 Å². The number of nitrogen functional groups attached to an aromatic ring is 1. The van der Waals surface area contributed by atoms with E-state index in [9.17, 15) is 9.90 Å². The largest absolute Gasteiger partial charge is 0.508 e. The van der Waals surface area contributed by atoms with Gasteiger partial charge in [0.2, 0.25) is 0 Å². The summed E-state index contributed by atoms with van der Waals surface area (Å²) in [6.45, 7) is 0. The van der Waals surface area contributed by atoms with Crippen LogP contribution in [0.25, 0.3) is 0 Å². The number of nitrogens with zero attached hydrogens (tertiary/aromatic N) is 2. The highest BCUT2D eigenvalue weighted by atomic mass is 16.3. The number of phenolic OH excluding ortho intramolecular Hbond substituents is 1. The smallest absolute Gasteiger partial charge is 0.260 e. The van der Waals surface area contributed by atoms with E-state index in [1.165, 1.54) is 4.90 Å². The quantitative estimate of drug-likeness (QED) is 0.849. The van der Waals surface area contributed by atoms with Crippen LogP contribution in [0.1, 0.15) is 10.4 Å². The fourth-order valence-electron chi connectivity index (χ4n) is 2.11. The number of benzene rings is 2. The van der Waals surface area contributed by atoms with E-state index in [2.05, 4.69) is 0 Å². The molecule has 0 aliphatic heterocycles. The molecule has 0 aliphatic rings. The number of carbonyl (C=O) groups is 1. The van der Waals surface area contributed by atoms with E-state index in [-0.39, 0.29) is 11.7 Å². The first kappa shape index (κ1) is 14.7. The van der Waals surface area contributed by atoms with E-state index in [0.29, 0.717) is 16.9 Å². The van der Waals surface area contributed by atoms with Crippen molar-refractivity contribution in [3.05, 3.63) is 48.0 Å². The van der Waals surface area contributed by atoms with Crippen molar-refractivity contribution in [2.75, 3.05) is 36.7 Å². The molecule has 0 unspecified atom stereocenters. The van der Waals surface area contributed by atoms with Crippen molar-refractivity contribution < 1.29 is 9.90 Å². The van der Waals surface area contributed by atoms with Crippen LogP contribution in [-0.4, -0.2) is 32.2 Å². The van der Waals surface area contributed by atoms with Crippen LogP contribution in [0.3, 0.4) is 0 Å². The summed E-state index contributed by atoms with van der Waals surface area (Å²) < 4.78 is 0. The molecule has 0 heterocycles. The molecule has 5 heteroatoms. The Kier molecular flexibility index (Phi) is 4.03. The van der Waals surface area contributed by atoms with Crippen molar-refractivity contribution in [3.63, 3.8) is 0 Å². The predicted octanol–water partition coefficient (Wildman–Crippen LogP) is 2.32. The van der Waals surface area contributed by atoms with Gasteiger partial charge in [-0.25, -0.2) is 0 Å². The normalized spacial score (nSPS) is 10.2. The lowest BCUT2D eigenvalue weighted by Crippen LogP contribution is -2.28. The van der Waals surface area contributed by atoms with Crippen LogP contribution in [0.15, 0.2) is 42.5 Å². The Morgan fingerprint density at radius 3 is 2.43 bits per heavy atom. The van der Waals surface area contributed by atoms with Crippen LogP contribution in [0.4, 0.5) is 17.1 Å². The molecule has 0 bridgehead atoms. The highest BCUT2D eigenvalue weighted by Crippen LogP contribution is 2.26. The average molecular weight is 285 g/mol. The Morgan fingerprint density at radius 2 is 1.81 bits per heavy atom. The molecule has 110 valence electrons. The second-order valence-electron chi connectivity index (χ2n) is 5.06. The van der Waals surface area contributed by atoms with Gasteiger partial charge in [0.25, 0.3) is 5.91 Å². The van der Waals surface area contributed by atoms with Crippen molar-refractivity contribution in [1.82, 2.24) is 0 Å². The first-order chi connectivity index (χ1) is 9.90. The number of aromatic hydroxyl groups is 1. The Labute approximate surface area is 124 Å². The van der Waals surface area contributed by atoms with E-state index in [1.807, 2.05) is 25.1 Å². The first-order valence-electron chi connectivity index (χ1n) is 6.54. The SMILES string of the molecule is CN(C)c1ccc(N)cc1C(=O)N(C)c1cccc(O)c1. The Morgan fingerprint density at radius 1 is 1.10 bits per heavy atom. The zero-order chi connectivity index (χ0) is 15.6. The number of amides is 1. The van der Waals surface area contributed by atoms with E-state index in [1.54, 1.807) is 43.4 Å². The van der Waals surface area contributed by atoms with Crippen LogP contribution in [0.5, 0.6) is 5.75 Å². The maximum absolute atomic E-state index is 12.7. The summed E-state index contributed by atoms with van der Waals surface area (Å²) in [6.07, 6.45) is 0. The van der Waals surface area contributed by atoms with Gasteiger partial charge >= 0.3 is 0 Å². The van der Waals surface area contributed by atoms with Crippen LogP contribution >= 0.6 is 0 Å². The third-order valence-corrected chi connectivity index (χ3v) is 3.25. The molecule has 0 saturated carbocycles. The van der Waals surface area contributed by atoms with Gasteiger partial charge in [-0.2, -0.15) is 0 Å². The molecule has 2 rings (SSSR count). The minimum atomic E-state index is -0.184. The van der Waals surface area contributed by atoms with Gasteiger partial charge < -0.3 is 20.6 Å². The fraction of sp³-hybridized carbons (Fsp3) is 0.188. The van der Waals surface area contributed by atoms with Crippen LogP contribution in [0.2, 0.25) is 0 Å². The average Bonchev–Trinajstić information content (AvgIpc) is 2.45. The van der Waals surface area contributed by atoms with Crippen molar-refractivity contribution in [1.29, 1.82) is 0 Å². The molecule has 3 N–H and O–H groups in total. The van der Waals surface area contributed by atoms with Crippen LogP contribution in [-0.2, 0) is 0 Å². The summed E-state index contributed by atoms with van der Waals surface area (Å²) in [5.41, 5.74) is 8.26. The Hall–Kier alpha value is -2.69. The highest BCUT2D eigenvalue weighted by Gasteiger charge is 2.18. The molecule has 0 fully saturated rings. The van der Waals surface area contributed by atoms with E-state index < -0.39 is 0 Å². The number of carbonyl (C=O) groups excluding carboxylic acids is 1. The highest BCUT2D eigenvalue weighted by molar-refractivity contribution is 6.10. The number of anilines is 3. The number of hydrogen-bond donors (Lipinski definition) is 2. The van der Waals surface area contributed by atoms with Crippen molar-refractivity contribution in [2.24, 2.45) is 0 Å². The van der Waals surface area contributed by atoms with E-state index in [0.717, 1.165) is 5.69 Å². The number of rotatable bonds is 3. The van der Waals surface area contributed by atoms with Crippen molar-refractivity contribution in [2.45, 2.75) is 0 Å². The van der Waals surface area contributed by atoms with Crippen LogP contribution < -0.4 is 15.5 Å². The Bertz CT molecular complexity index is 668. The molecule has 0 radical (unpaired) electrons. The summed E-state index contributed by atoms with van der Waals surface area (Å²) in [7, 11) is 5.41. The number of nitrogens with two attached hydrogens (primary N) is 1. The molecular formula is C16H19N3O2. The maximum atomic E-state index is 12.7. The lowest BCUT2D eigenvalue weighted by molar-refractivity contribution is 0.0993. The second-order valence-corrected chi connectivity index (χ2v) is 5.06. The third kappa shape index (κ3) is 3.08. The molecule has 0 aromatic heterocycles. The van der Waals surface area contributed by atoms with Crippen molar-refractivity contribution in [3.8, 4) is 5.75 Å². The fourth-order valence-corrected chi connectivity index (χ4v) is 2.11. The summed E-state index contributed by atoms with van der Waals surface area (Å²) in [5.74, 6) is -0.0656. The van der Waals surface area contributed by atoms with E-state index >= 15 is 0 Å². The molecule has 0 spiro atoms. The standard InChI is InChI=1S/C16H19N3O2/c1-18(2)15-8-7-11(17)9-14(15)16(21)19(3)12-5-4-6-13(20)10-12/h4-10,20H,17H2,1-3H3. The van der Waals surface area contributed by atoms with Gasteiger partial charge in [-0.15, -0.1) is 0 Å². The van der Waals surface area contributed by atoms with Gasteiger partial charge in [-0.3, -0.25) is 4.79 Å². The van der Waals surface area contributed by atoms with E-state index in [4.69, 9.17) is 5.73 Å². The molecule has 2 aromatic rings. The molecule has 0 atom stereocenters.